The van der Waals surface area contributed by atoms with E-state index in [1.54, 1.807) is 30.6 Å². The molecular weight excluding hydrogens is 204 g/mol. The number of aromatic nitrogens is 1. The maximum Gasteiger partial charge on any atom is 0.289 e. The summed E-state index contributed by atoms with van der Waals surface area (Å²) in [5.74, 6) is -0.320. The minimum Gasteiger partial charge on any atom is -0.330 e. The van der Waals surface area contributed by atoms with E-state index in [1.165, 1.54) is 0 Å². The van der Waals surface area contributed by atoms with E-state index in [1.807, 2.05) is 13.8 Å². The summed E-state index contributed by atoms with van der Waals surface area (Å²) < 4.78 is 0. The predicted octanol–water partition coefficient (Wildman–Crippen LogP) is 1.17. The van der Waals surface area contributed by atoms with E-state index < -0.39 is 0 Å². The normalized spacial score (nSPS) is 9.44. The van der Waals surface area contributed by atoms with Crippen LogP contribution in [-0.2, 0) is 0 Å². The minimum atomic E-state index is -0.320. The summed E-state index contributed by atoms with van der Waals surface area (Å²) in [6, 6.07) is 5.10. The second-order valence-corrected chi connectivity index (χ2v) is 2.54. The summed E-state index contributed by atoms with van der Waals surface area (Å²) in [4.78, 5) is 15.2. The average molecular weight is 222 g/mol. The van der Waals surface area contributed by atoms with Crippen LogP contribution < -0.4 is 11.2 Å². The quantitative estimate of drug-likeness (QED) is 0.592. The summed E-state index contributed by atoms with van der Waals surface area (Å²) in [6.45, 7) is 4.52. The molecule has 0 fully saturated rings. The van der Waals surface area contributed by atoms with Crippen molar-refractivity contribution in [2.24, 2.45) is 10.8 Å². The summed E-state index contributed by atoms with van der Waals surface area (Å²) in [5, 5.41) is 3.69. The molecule has 5 nitrogen and oxygen atoms in total. The molecular formula is C11H18N4O. The zero-order valence-corrected chi connectivity index (χ0v) is 9.68. The van der Waals surface area contributed by atoms with Crippen LogP contribution in [-0.4, -0.2) is 23.7 Å². The van der Waals surface area contributed by atoms with Crippen molar-refractivity contribution >= 4 is 12.1 Å². The van der Waals surface area contributed by atoms with Crippen molar-refractivity contribution in [3.63, 3.8) is 0 Å². The van der Waals surface area contributed by atoms with E-state index in [4.69, 9.17) is 5.73 Å². The number of pyridine rings is 1. The molecule has 3 N–H and O–H groups in total. The summed E-state index contributed by atoms with van der Waals surface area (Å²) >= 11 is 0. The molecule has 0 unspecified atom stereocenters. The third kappa shape index (κ3) is 5.87. The first-order chi connectivity index (χ1) is 7.84. The van der Waals surface area contributed by atoms with Gasteiger partial charge in [-0.15, -0.1) is 0 Å². The Bertz CT molecular complexity index is 311. The molecule has 0 saturated heterocycles. The minimum absolute atomic E-state index is 0.320. The highest BCUT2D eigenvalue weighted by atomic mass is 16.2. The fourth-order valence-electron chi connectivity index (χ4n) is 0.798. The number of nitrogens with two attached hydrogens (primary N) is 1. The molecule has 5 heteroatoms. The van der Waals surface area contributed by atoms with E-state index in [0.717, 1.165) is 0 Å². The van der Waals surface area contributed by atoms with Gasteiger partial charge < -0.3 is 5.73 Å². The fraction of sp³-hybridized carbons (Fsp3) is 0.364. The molecule has 1 amide bonds. The van der Waals surface area contributed by atoms with Gasteiger partial charge in [0.25, 0.3) is 5.91 Å². The number of hydrogen-bond donors (Lipinski definition) is 2. The number of rotatable bonds is 4. The van der Waals surface area contributed by atoms with Crippen LogP contribution >= 0.6 is 0 Å². The van der Waals surface area contributed by atoms with Crippen LogP contribution in [0.2, 0.25) is 0 Å². The van der Waals surface area contributed by atoms with E-state index in [9.17, 15) is 4.79 Å². The molecule has 0 radical (unpaired) electrons. The lowest BCUT2D eigenvalue weighted by molar-refractivity contribution is 0.0950. The first-order valence-corrected chi connectivity index (χ1v) is 5.27. The number of carbonyl (C=O) groups is 1. The van der Waals surface area contributed by atoms with Crippen LogP contribution in [0.25, 0.3) is 0 Å². The van der Waals surface area contributed by atoms with Gasteiger partial charge in [0.05, 0.1) is 0 Å². The monoisotopic (exact) mass is 222 g/mol. The molecule has 16 heavy (non-hydrogen) atoms. The highest BCUT2D eigenvalue weighted by Crippen LogP contribution is 1.91. The van der Waals surface area contributed by atoms with Gasteiger partial charge in [-0.2, -0.15) is 5.10 Å². The van der Waals surface area contributed by atoms with Gasteiger partial charge in [-0.3, -0.25) is 9.78 Å². The van der Waals surface area contributed by atoms with Crippen molar-refractivity contribution in [1.82, 2.24) is 10.4 Å². The van der Waals surface area contributed by atoms with Gasteiger partial charge >= 0.3 is 0 Å². The molecule has 0 atom stereocenters. The molecule has 0 aromatic carbocycles. The van der Waals surface area contributed by atoms with Crippen molar-refractivity contribution in [2.75, 3.05) is 6.54 Å². The Hall–Kier alpha value is -1.75. The van der Waals surface area contributed by atoms with Gasteiger partial charge in [-0.05, 0) is 25.1 Å². The standard InChI is InChI=1S/C9H12N4O.C2H6/c10-5-3-7-12-13-9(14)8-4-1-2-6-11-8;1-2/h1-2,4,6-7H,3,5,10H2,(H,13,14);1-2H3/b12-7+;. The number of nitrogens with zero attached hydrogens (tertiary/aromatic N) is 2. The lowest BCUT2D eigenvalue weighted by atomic mass is 10.3. The van der Waals surface area contributed by atoms with Crippen molar-refractivity contribution in [1.29, 1.82) is 0 Å². The van der Waals surface area contributed by atoms with Gasteiger partial charge in [-0.25, -0.2) is 5.43 Å². The number of hydrogen-bond acceptors (Lipinski definition) is 4. The van der Waals surface area contributed by atoms with E-state index in [0.29, 0.717) is 18.7 Å². The molecule has 1 heterocycles. The van der Waals surface area contributed by atoms with E-state index >= 15 is 0 Å². The highest BCUT2D eigenvalue weighted by molar-refractivity contribution is 5.92. The fourth-order valence-corrected chi connectivity index (χ4v) is 0.798. The van der Waals surface area contributed by atoms with Gasteiger partial charge in [0, 0.05) is 12.4 Å². The Morgan fingerprint density at radius 1 is 1.56 bits per heavy atom. The Morgan fingerprint density at radius 2 is 2.31 bits per heavy atom. The average Bonchev–Trinajstić information content (AvgIpc) is 2.38. The number of nitrogens with one attached hydrogen (secondary N) is 1. The molecule has 0 aliphatic heterocycles. The summed E-state index contributed by atoms with van der Waals surface area (Å²) in [7, 11) is 0. The van der Waals surface area contributed by atoms with Crippen LogP contribution in [0.4, 0.5) is 0 Å². The van der Waals surface area contributed by atoms with Crippen LogP contribution in [0.5, 0.6) is 0 Å². The number of hydrazone groups is 1. The third-order valence-electron chi connectivity index (χ3n) is 1.45. The maximum atomic E-state index is 11.3. The van der Waals surface area contributed by atoms with Crippen LogP contribution in [0.1, 0.15) is 30.8 Å². The molecule has 0 saturated carbocycles. The van der Waals surface area contributed by atoms with Gasteiger partial charge in [0.2, 0.25) is 0 Å². The summed E-state index contributed by atoms with van der Waals surface area (Å²) in [5.41, 5.74) is 7.93. The van der Waals surface area contributed by atoms with E-state index in [-0.39, 0.29) is 5.91 Å². The molecule has 1 rings (SSSR count). The van der Waals surface area contributed by atoms with Crippen molar-refractivity contribution in [3.05, 3.63) is 30.1 Å². The molecule has 0 aliphatic rings. The molecule has 0 aliphatic carbocycles. The topological polar surface area (TPSA) is 80.4 Å². The largest absolute Gasteiger partial charge is 0.330 e. The van der Waals surface area contributed by atoms with Crippen LogP contribution in [0.15, 0.2) is 29.5 Å². The lowest BCUT2D eigenvalue weighted by Gasteiger charge is -1.96. The maximum absolute atomic E-state index is 11.3. The zero-order chi connectivity index (χ0) is 12.2. The van der Waals surface area contributed by atoms with Crippen molar-refractivity contribution in [2.45, 2.75) is 20.3 Å². The Labute approximate surface area is 95.8 Å². The molecule has 1 aromatic heterocycles. The molecule has 0 spiro atoms. The van der Waals surface area contributed by atoms with Gasteiger partial charge in [-0.1, -0.05) is 19.9 Å². The van der Waals surface area contributed by atoms with Crippen LogP contribution in [0, 0.1) is 0 Å². The number of carbonyl (C=O) groups excluding carboxylic acids is 1. The number of amides is 1. The third-order valence-corrected chi connectivity index (χ3v) is 1.45. The van der Waals surface area contributed by atoms with Crippen molar-refractivity contribution in [3.8, 4) is 0 Å². The smallest absolute Gasteiger partial charge is 0.289 e. The Morgan fingerprint density at radius 3 is 2.88 bits per heavy atom. The van der Waals surface area contributed by atoms with Crippen molar-refractivity contribution < 1.29 is 4.79 Å². The predicted molar refractivity (Wildman–Crippen MR) is 65.2 cm³/mol. The molecule has 1 aromatic rings. The van der Waals surface area contributed by atoms with E-state index in [2.05, 4.69) is 15.5 Å². The lowest BCUT2D eigenvalue weighted by Crippen LogP contribution is -2.18. The first-order valence-electron chi connectivity index (χ1n) is 5.27. The molecule has 0 bridgehead atoms. The molecule has 88 valence electrons. The second-order valence-electron chi connectivity index (χ2n) is 2.54. The zero-order valence-electron chi connectivity index (χ0n) is 9.68. The first kappa shape index (κ1) is 14.2. The summed E-state index contributed by atoms with van der Waals surface area (Å²) in [6.07, 6.45) is 3.75. The van der Waals surface area contributed by atoms with Gasteiger partial charge in [0.15, 0.2) is 0 Å². The Balaban J connectivity index is 0.00000106. The Kier molecular flexibility index (Phi) is 8.72. The van der Waals surface area contributed by atoms with Gasteiger partial charge in [0.1, 0.15) is 5.69 Å². The van der Waals surface area contributed by atoms with Crippen LogP contribution in [0.3, 0.4) is 0 Å². The SMILES string of the molecule is CC.NCC/C=N/NC(=O)c1ccccn1. The second kappa shape index (κ2) is 9.79. The highest BCUT2D eigenvalue weighted by Gasteiger charge is 2.02.